The van der Waals surface area contributed by atoms with Gasteiger partial charge in [0.25, 0.3) is 0 Å². The van der Waals surface area contributed by atoms with Gasteiger partial charge in [-0.15, -0.1) is 0 Å². The van der Waals surface area contributed by atoms with Gasteiger partial charge in [0.15, 0.2) is 11.6 Å². The van der Waals surface area contributed by atoms with Crippen molar-refractivity contribution in [2.24, 2.45) is 0 Å². The zero-order chi connectivity index (χ0) is 15.5. The lowest BCUT2D eigenvalue weighted by Crippen LogP contribution is -2.30. The third-order valence-electron chi connectivity index (χ3n) is 4.02. The number of thioether (sulfide) groups is 1. The number of anilines is 2. The van der Waals surface area contributed by atoms with Crippen molar-refractivity contribution < 1.29 is 9.13 Å². The number of ether oxygens (including phenoxy) is 1. The first-order valence-electron chi connectivity index (χ1n) is 7.50. The molecular formula is C16H25FN2OS. The molecule has 3 nitrogen and oxygen atoms in total. The molecule has 0 bridgehead atoms. The molecule has 1 aliphatic carbocycles. The molecule has 1 saturated carbocycles. The molecule has 0 spiro atoms. The molecular weight excluding hydrogens is 287 g/mol. The van der Waals surface area contributed by atoms with Gasteiger partial charge in [0.2, 0.25) is 0 Å². The van der Waals surface area contributed by atoms with E-state index in [0.29, 0.717) is 5.69 Å². The van der Waals surface area contributed by atoms with Crippen LogP contribution in [-0.2, 0) is 0 Å². The number of hydrogen-bond acceptors (Lipinski definition) is 4. The minimum Gasteiger partial charge on any atom is -0.488 e. The van der Waals surface area contributed by atoms with E-state index in [1.54, 1.807) is 6.07 Å². The van der Waals surface area contributed by atoms with Gasteiger partial charge in [-0.1, -0.05) is 12.8 Å². The Morgan fingerprint density at radius 1 is 1.38 bits per heavy atom. The van der Waals surface area contributed by atoms with Gasteiger partial charge in [0.05, 0.1) is 17.5 Å². The van der Waals surface area contributed by atoms with E-state index in [2.05, 4.69) is 11.6 Å². The number of nitrogens with one attached hydrogen (secondary N) is 1. The summed E-state index contributed by atoms with van der Waals surface area (Å²) in [4.78, 5) is 0. The van der Waals surface area contributed by atoms with E-state index >= 15 is 0 Å². The summed E-state index contributed by atoms with van der Waals surface area (Å²) in [6.07, 6.45) is 7.10. The molecule has 3 N–H and O–H groups in total. The van der Waals surface area contributed by atoms with E-state index in [-0.39, 0.29) is 16.6 Å². The summed E-state index contributed by atoms with van der Waals surface area (Å²) in [5.74, 6) is -0.154. The maximum Gasteiger partial charge on any atom is 0.167 e. The first kappa shape index (κ1) is 16.3. The lowest BCUT2D eigenvalue weighted by molar-refractivity contribution is 0.231. The van der Waals surface area contributed by atoms with Crippen molar-refractivity contribution in [1.29, 1.82) is 0 Å². The summed E-state index contributed by atoms with van der Waals surface area (Å²) in [5.41, 5.74) is 7.11. The minimum atomic E-state index is -0.410. The second kappa shape index (κ2) is 6.77. The van der Waals surface area contributed by atoms with Crippen LogP contribution in [0.4, 0.5) is 15.8 Å². The Kier molecular flexibility index (Phi) is 5.25. The van der Waals surface area contributed by atoms with Crippen LogP contribution in [0.15, 0.2) is 12.1 Å². The molecule has 1 aromatic carbocycles. The Morgan fingerprint density at radius 2 is 2.05 bits per heavy atom. The highest BCUT2D eigenvalue weighted by Crippen LogP contribution is 2.40. The quantitative estimate of drug-likeness (QED) is 0.770. The Hall–Kier alpha value is -1.10. The van der Waals surface area contributed by atoms with Crippen molar-refractivity contribution >= 4 is 23.1 Å². The third-order valence-corrected chi connectivity index (χ3v) is 5.43. The Labute approximate surface area is 130 Å². The van der Waals surface area contributed by atoms with Gasteiger partial charge in [-0.3, -0.25) is 0 Å². The fourth-order valence-electron chi connectivity index (χ4n) is 2.79. The van der Waals surface area contributed by atoms with E-state index in [0.717, 1.165) is 12.2 Å². The third kappa shape index (κ3) is 3.96. The molecule has 0 saturated heterocycles. The molecule has 1 aliphatic rings. The van der Waals surface area contributed by atoms with E-state index < -0.39 is 5.82 Å². The van der Waals surface area contributed by atoms with Gasteiger partial charge in [-0.25, -0.2) is 4.39 Å². The van der Waals surface area contributed by atoms with Gasteiger partial charge in [0.1, 0.15) is 0 Å². The smallest absolute Gasteiger partial charge is 0.167 e. The number of nitrogen functional groups attached to an aromatic ring is 1. The fraction of sp³-hybridized carbons (Fsp3) is 0.625. The van der Waals surface area contributed by atoms with Crippen molar-refractivity contribution in [3.05, 3.63) is 17.9 Å². The van der Waals surface area contributed by atoms with Crippen LogP contribution >= 0.6 is 11.8 Å². The summed E-state index contributed by atoms with van der Waals surface area (Å²) >= 11 is 1.91. The van der Waals surface area contributed by atoms with E-state index in [4.69, 9.17) is 10.5 Å². The van der Waals surface area contributed by atoms with Crippen molar-refractivity contribution in [2.75, 3.05) is 23.9 Å². The second-order valence-corrected chi connectivity index (χ2v) is 7.26. The van der Waals surface area contributed by atoms with E-state index in [9.17, 15) is 4.39 Å². The first-order chi connectivity index (χ1) is 9.96. The average molecular weight is 312 g/mol. The molecule has 0 aromatic heterocycles. The molecule has 21 heavy (non-hydrogen) atoms. The SMILES string of the molecule is CSC1(CNc2cc(OC(C)C)c(F)cc2N)CCCC1. The van der Waals surface area contributed by atoms with Crippen LogP contribution in [0, 0.1) is 5.82 Å². The molecule has 0 unspecified atom stereocenters. The maximum atomic E-state index is 13.8. The number of benzene rings is 1. The van der Waals surface area contributed by atoms with Crippen LogP contribution in [0.3, 0.4) is 0 Å². The maximum absolute atomic E-state index is 13.8. The molecule has 118 valence electrons. The van der Waals surface area contributed by atoms with Crippen LogP contribution in [0.2, 0.25) is 0 Å². The van der Waals surface area contributed by atoms with Crippen molar-refractivity contribution in [1.82, 2.24) is 0 Å². The lowest BCUT2D eigenvalue weighted by Gasteiger charge is -2.28. The Balaban J connectivity index is 2.12. The molecule has 0 amide bonds. The molecule has 0 atom stereocenters. The zero-order valence-electron chi connectivity index (χ0n) is 13.0. The van der Waals surface area contributed by atoms with Crippen LogP contribution in [0.1, 0.15) is 39.5 Å². The highest BCUT2D eigenvalue weighted by Gasteiger charge is 2.32. The number of nitrogens with two attached hydrogens (primary N) is 1. The second-order valence-electron chi connectivity index (χ2n) is 5.98. The first-order valence-corrected chi connectivity index (χ1v) is 8.73. The number of rotatable bonds is 6. The molecule has 1 fully saturated rings. The molecule has 0 aliphatic heterocycles. The van der Waals surface area contributed by atoms with Crippen LogP contribution in [-0.4, -0.2) is 23.7 Å². The molecule has 2 rings (SSSR count). The summed E-state index contributed by atoms with van der Waals surface area (Å²) in [6.45, 7) is 4.61. The van der Waals surface area contributed by atoms with Gasteiger partial charge in [0, 0.05) is 23.4 Å². The largest absolute Gasteiger partial charge is 0.488 e. The summed E-state index contributed by atoms with van der Waals surface area (Å²) in [5, 5.41) is 3.39. The molecule has 1 aromatic rings. The number of hydrogen-bond donors (Lipinski definition) is 2. The summed E-state index contributed by atoms with van der Waals surface area (Å²) in [7, 11) is 0. The monoisotopic (exact) mass is 312 g/mol. The molecule has 5 heteroatoms. The van der Waals surface area contributed by atoms with Crippen molar-refractivity contribution in [3.8, 4) is 5.75 Å². The van der Waals surface area contributed by atoms with Gasteiger partial charge >= 0.3 is 0 Å². The van der Waals surface area contributed by atoms with Crippen LogP contribution in [0.25, 0.3) is 0 Å². The predicted molar refractivity (Wildman–Crippen MR) is 89.8 cm³/mol. The van der Waals surface area contributed by atoms with E-state index in [1.165, 1.54) is 31.7 Å². The summed E-state index contributed by atoms with van der Waals surface area (Å²) in [6, 6.07) is 3.01. The van der Waals surface area contributed by atoms with Crippen LogP contribution in [0.5, 0.6) is 5.75 Å². The number of halogens is 1. The highest BCUT2D eigenvalue weighted by molar-refractivity contribution is 8.00. The van der Waals surface area contributed by atoms with Crippen molar-refractivity contribution in [2.45, 2.75) is 50.4 Å². The minimum absolute atomic E-state index is 0.0663. The normalized spacial score (nSPS) is 17.2. The lowest BCUT2D eigenvalue weighted by atomic mass is 10.1. The molecule has 0 radical (unpaired) electrons. The Bertz CT molecular complexity index is 487. The van der Waals surface area contributed by atoms with E-state index in [1.807, 2.05) is 25.6 Å². The zero-order valence-corrected chi connectivity index (χ0v) is 13.9. The average Bonchev–Trinajstić information content (AvgIpc) is 2.89. The Morgan fingerprint density at radius 3 is 2.62 bits per heavy atom. The predicted octanol–water partition coefficient (Wildman–Crippen LogP) is 4.28. The van der Waals surface area contributed by atoms with Crippen molar-refractivity contribution in [3.63, 3.8) is 0 Å². The van der Waals surface area contributed by atoms with Gasteiger partial charge in [-0.2, -0.15) is 11.8 Å². The van der Waals surface area contributed by atoms with Crippen LogP contribution < -0.4 is 15.8 Å². The highest BCUT2D eigenvalue weighted by atomic mass is 32.2. The standard InChI is InChI=1S/C16H25FN2OS/c1-11(2)20-15-9-14(13(18)8-12(15)17)19-10-16(21-3)6-4-5-7-16/h8-9,11,19H,4-7,10,18H2,1-3H3. The van der Waals surface area contributed by atoms with Gasteiger partial charge < -0.3 is 15.8 Å². The fourth-order valence-corrected chi connectivity index (χ4v) is 3.71. The molecule has 0 heterocycles. The van der Waals surface area contributed by atoms with Gasteiger partial charge in [-0.05, 0) is 32.9 Å². The topological polar surface area (TPSA) is 47.3 Å². The summed E-state index contributed by atoms with van der Waals surface area (Å²) < 4.78 is 19.6.